The van der Waals surface area contributed by atoms with E-state index < -0.39 is 0 Å². The van der Waals surface area contributed by atoms with E-state index in [0.717, 1.165) is 16.9 Å². The molecule has 2 aromatic rings. The molecule has 0 fully saturated rings. The summed E-state index contributed by atoms with van der Waals surface area (Å²) in [4.78, 5) is 11.9. The molecule has 0 unspecified atom stereocenters. The number of rotatable bonds is 8. The zero-order chi connectivity index (χ0) is 14.9. The van der Waals surface area contributed by atoms with Crippen LogP contribution in [0, 0.1) is 0 Å². The zero-order valence-electron chi connectivity index (χ0n) is 12.0. The maximum Gasteiger partial charge on any atom is 0.163 e. The number of benzene rings is 2. The number of aliphatic hydroxyl groups excluding tert-OH is 1. The highest BCUT2D eigenvalue weighted by Gasteiger charge is 2.04. The molecule has 21 heavy (non-hydrogen) atoms. The number of aliphatic hydroxyl groups is 1. The molecule has 0 atom stereocenters. The van der Waals surface area contributed by atoms with Crippen LogP contribution in [0.2, 0.25) is 0 Å². The first-order valence-corrected chi connectivity index (χ1v) is 7.20. The molecule has 0 aromatic heterocycles. The highest BCUT2D eigenvalue weighted by molar-refractivity contribution is 5.95. The van der Waals surface area contributed by atoms with Gasteiger partial charge >= 0.3 is 0 Å². The molecule has 110 valence electrons. The van der Waals surface area contributed by atoms with Crippen molar-refractivity contribution in [2.45, 2.75) is 19.3 Å². The van der Waals surface area contributed by atoms with Crippen LogP contribution in [0.3, 0.4) is 0 Å². The van der Waals surface area contributed by atoms with Crippen molar-refractivity contribution in [1.82, 2.24) is 0 Å². The number of carbonyl (C=O) groups is 1. The smallest absolute Gasteiger partial charge is 0.163 e. The molecule has 1 N–H and O–H groups in total. The monoisotopic (exact) mass is 284 g/mol. The molecule has 0 saturated carbocycles. The van der Waals surface area contributed by atoms with E-state index in [-0.39, 0.29) is 12.4 Å². The molecule has 0 spiro atoms. The van der Waals surface area contributed by atoms with Gasteiger partial charge in [-0.3, -0.25) is 4.79 Å². The van der Waals surface area contributed by atoms with Crippen molar-refractivity contribution in [3.05, 3.63) is 65.7 Å². The van der Waals surface area contributed by atoms with Crippen LogP contribution in [-0.4, -0.2) is 24.1 Å². The van der Waals surface area contributed by atoms with Crippen molar-refractivity contribution in [1.29, 1.82) is 0 Å². The fourth-order valence-electron chi connectivity index (χ4n) is 2.07. The van der Waals surface area contributed by atoms with Gasteiger partial charge in [-0.05, 0) is 30.5 Å². The second kappa shape index (κ2) is 8.22. The van der Waals surface area contributed by atoms with Gasteiger partial charge in [0.15, 0.2) is 5.78 Å². The summed E-state index contributed by atoms with van der Waals surface area (Å²) in [6, 6.07) is 17.0. The Morgan fingerprint density at radius 2 is 1.71 bits per heavy atom. The molecule has 0 aliphatic carbocycles. The Morgan fingerprint density at radius 1 is 1.00 bits per heavy atom. The fraction of sp³-hybridized carbons (Fsp3) is 0.278. The summed E-state index contributed by atoms with van der Waals surface area (Å²) in [5.41, 5.74) is 1.84. The quantitative estimate of drug-likeness (QED) is 0.598. The fourth-order valence-corrected chi connectivity index (χ4v) is 2.07. The third kappa shape index (κ3) is 5.04. The van der Waals surface area contributed by atoms with Crippen LogP contribution in [0.1, 0.15) is 28.8 Å². The first-order chi connectivity index (χ1) is 10.3. The Kier molecular flexibility index (Phi) is 5.98. The van der Waals surface area contributed by atoms with E-state index in [1.54, 1.807) is 0 Å². The van der Waals surface area contributed by atoms with E-state index in [0.29, 0.717) is 25.9 Å². The highest BCUT2D eigenvalue weighted by atomic mass is 16.5. The standard InChI is InChI=1S/C18H20O3/c19-13-12-15-8-10-17(11-9-15)21-14-4-7-18(20)16-5-2-1-3-6-16/h1-3,5-6,8-11,19H,4,7,12-14H2. The van der Waals surface area contributed by atoms with Crippen LogP contribution >= 0.6 is 0 Å². The number of carbonyl (C=O) groups excluding carboxylic acids is 1. The predicted octanol–water partition coefficient (Wildman–Crippen LogP) is 3.26. The molecule has 0 saturated heterocycles. The van der Waals surface area contributed by atoms with Gasteiger partial charge in [0.05, 0.1) is 6.61 Å². The molecule has 0 bridgehead atoms. The van der Waals surface area contributed by atoms with Crippen molar-refractivity contribution in [3.8, 4) is 5.75 Å². The van der Waals surface area contributed by atoms with Crippen molar-refractivity contribution in [2.24, 2.45) is 0 Å². The molecular weight excluding hydrogens is 264 g/mol. The molecular formula is C18H20O3. The van der Waals surface area contributed by atoms with E-state index in [1.807, 2.05) is 54.6 Å². The minimum atomic E-state index is 0.150. The number of hydrogen-bond donors (Lipinski definition) is 1. The van der Waals surface area contributed by atoms with Gasteiger partial charge in [-0.1, -0.05) is 42.5 Å². The van der Waals surface area contributed by atoms with Gasteiger partial charge in [-0.25, -0.2) is 0 Å². The first kappa shape index (κ1) is 15.3. The predicted molar refractivity (Wildman–Crippen MR) is 82.7 cm³/mol. The SMILES string of the molecule is O=C(CCCOc1ccc(CCO)cc1)c1ccccc1. The lowest BCUT2D eigenvalue weighted by Crippen LogP contribution is -2.03. The van der Waals surface area contributed by atoms with Gasteiger partial charge in [0.25, 0.3) is 0 Å². The summed E-state index contributed by atoms with van der Waals surface area (Å²) in [7, 11) is 0. The average Bonchev–Trinajstić information content (AvgIpc) is 2.54. The van der Waals surface area contributed by atoms with Crippen LogP contribution in [0.4, 0.5) is 0 Å². The third-order valence-electron chi connectivity index (χ3n) is 3.24. The normalized spacial score (nSPS) is 10.3. The van der Waals surface area contributed by atoms with Gasteiger partial charge in [0.2, 0.25) is 0 Å². The molecule has 3 heteroatoms. The Morgan fingerprint density at radius 3 is 2.38 bits per heavy atom. The lowest BCUT2D eigenvalue weighted by molar-refractivity contribution is 0.0973. The van der Waals surface area contributed by atoms with Crippen LogP contribution in [0.25, 0.3) is 0 Å². The van der Waals surface area contributed by atoms with Crippen molar-refractivity contribution in [3.63, 3.8) is 0 Å². The summed E-state index contributed by atoms with van der Waals surface area (Å²) < 4.78 is 5.61. The van der Waals surface area contributed by atoms with E-state index in [2.05, 4.69) is 0 Å². The second-order valence-corrected chi connectivity index (χ2v) is 4.86. The zero-order valence-corrected chi connectivity index (χ0v) is 12.0. The summed E-state index contributed by atoms with van der Waals surface area (Å²) in [5.74, 6) is 0.946. The second-order valence-electron chi connectivity index (χ2n) is 4.86. The maximum absolute atomic E-state index is 11.9. The summed E-state index contributed by atoms with van der Waals surface area (Å²) >= 11 is 0. The van der Waals surface area contributed by atoms with Crippen molar-refractivity contribution >= 4 is 5.78 Å². The topological polar surface area (TPSA) is 46.5 Å². The van der Waals surface area contributed by atoms with E-state index >= 15 is 0 Å². The minimum Gasteiger partial charge on any atom is -0.494 e. The summed E-state index contributed by atoms with van der Waals surface area (Å²) in [6.45, 7) is 0.680. The minimum absolute atomic E-state index is 0.150. The first-order valence-electron chi connectivity index (χ1n) is 7.20. The van der Waals surface area contributed by atoms with Crippen LogP contribution in [0.15, 0.2) is 54.6 Å². The van der Waals surface area contributed by atoms with Crippen LogP contribution < -0.4 is 4.74 Å². The Hall–Kier alpha value is -2.13. The lowest BCUT2D eigenvalue weighted by Gasteiger charge is -2.07. The molecule has 2 rings (SSSR count). The van der Waals surface area contributed by atoms with Gasteiger partial charge in [-0.15, -0.1) is 0 Å². The molecule has 0 radical (unpaired) electrons. The number of hydrogen-bond acceptors (Lipinski definition) is 3. The van der Waals surface area contributed by atoms with Gasteiger partial charge in [0, 0.05) is 18.6 Å². The van der Waals surface area contributed by atoms with E-state index in [9.17, 15) is 4.79 Å². The van der Waals surface area contributed by atoms with Crippen LogP contribution in [-0.2, 0) is 6.42 Å². The largest absolute Gasteiger partial charge is 0.494 e. The molecule has 0 heterocycles. The van der Waals surface area contributed by atoms with E-state index in [4.69, 9.17) is 9.84 Å². The number of Topliss-reactive ketones (excluding diaryl/α,β-unsaturated/α-hetero) is 1. The maximum atomic E-state index is 11.9. The summed E-state index contributed by atoms with van der Waals surface area (Å²) in [5, 5.41) is 8.85. The molecule has 0 amide bonds. The molecule has 3 nitrogen and oxygen atoms in total. The van der Waals surface area contributed by atoms with Crippen molar-refractivity contribution < 1.29 is 14.6 Å². The summed E-state index contributed by atoms with van der Waals surface area (Å²) in [6.07, 6.45) is 1.85. The van der Waals surface area contributed by atoms with Crippen LogP contribution in [0.5, 0.6) is 5.75 Å². The van der Waals surface area contributed by atoms with Crippen molar-refractivity contribution in [2.75, 3.05) is 13.2 Å². The highest BCUT2D eigenvalue weighted by Crippen LogP contribution is 2.13. The average molecular weight is 284 g/mol. The molecule has 2 aromatic carbocycles. The molecule has 0 aliphatic heterocycles. The number of ether oxygens (including phenoxy) is 1. The Bertz CT molecular complexity index is 546. The third-order valence-corrected chi connectivity index (χ3v) is 3.24. The van der Waals surface area contributed by atoms with Gasteiger partial charge in [-0.2, -0.15) is 0 Å². The van der Waals surface area contributed by atoms with Gasteiger partial charge in [0.1, 0.15) is 5.75 Å². The Labute approximate surface area is 125 Å². The van der Waals surface area contributed by atoms with Gasteiger partial charge < -0.3 is 9.84 Å². The Balaban J connectivity index is 1.71. The molecule has 0 aliphatic rings. The van der Waals surface area contributed by atoms with E-state index in [1.165, 1.54) is 0 Å². The number of ketones is 1. The lowest BCUT2D eigenvalue weighted by atomic mass is 10.1.